The van der Waals surface area contributed by atoms with E-state index in [1.165, 1.54) is 6.26 Å². The Morgan fingerprint density at radius 3 is 2.28 bits per heavy atom. The zero-order valence-corrected chi connectivity index (χ0v) is 17.8. The number of para-hydroxylation sites is 2. The Morgan fingerprint density at radius 1 is 0.906 bits per heavy atom. The summed E-state index contributed by atoms with van der Waals surface area (Å²) in [6.07, 6.45) is 1.41. The number of aryl methyl sites for hydroxylation is 1. The second kappa shape index (κ2) is 9.26. The van der Waals surface area contributed by atoms with Crippen LogP contribution in [-0.2, 0) is 6.61 Å². The molecule has 0 unspecified atom stereocenters. The standard InChI is InChI=1S/C25H23N3O4/c1-17-15-22(18(2)28(17)20-9-5-3-6-10-20)24(29)26-27-25(30)23-19(13-14-31-23)16-32-21-11-7-4-8-12-21/h3-15H,16H2,1-2H3,(H,26,29)(H,27,30). The second-order valence-electron chi connectivity index (χ2n) is 7.24. The van der Waals surface area contributed by atoms with Gasteiger partial charge in [-0.15, -0.1) is 0 Å². The van der Waals surface area contributed by atoms with Crippen LogP contribution in [0.4, 0.5) is 0 Å². The molecule has 0 bridgehead atoms. The number of furan rings is 1. The van der Waals surface area contributed by atoms with Crippen molar-refractivity contribution >= 4 is 11.8 Å². The third kappa shape index (κ3) is 4.41. The number of hydrogen-bond acceptors (Lipinski definition) is 4. The summed E-state index contributed by atoms with van der Waals surface area (Å²) in [5.41, 5.74) is 8.58. The van der Waals surface area contributed by atoms with Crippen molar-refractivity contribution in [2.24, 2.45) is 0 Å². The molecular formula is C25H23N3O4. The van der Waals surface area contributed by atoms with Crippen molar-refractivity contribution in [3.05, 3.63) is 107 Å². The molecule has 0 aliphatic rings. The molecule has 2 heterocycles. The first-order valence-corrected chi connectivity index (χ1v) is 10.1. The van der Waals surface area contributed by atoms with Gasteiger partial charge in [0.2, 0.25) is 0 Å². The number of amides is 2. The van der Waals surface area contributed by atoms with Crippen LogP contribution in [0.15, 0.2) is 83.5 Å². The van der Waals surface area contributed by atoms with E-state index in [0.717, 1.165) is 17.1 Å². The average Bonchev–Trinajstić information content (AvgIpc) is 3.41. The summed E-state index contributed by atoms with van der Waals surface area (Å²) >= 11 is 0. The maximum absolute atomic E-state index is 12.7. The Kier molecular flexibility index (Phi) is 6.07. The first kappa shape index (κ1) is 21.0. The predicted molar refractivity (Wildman–Crippen MR) is 120 cm³/mol. The van der Waals surface area contributed by atoms with Crippen LogP contribution in [0.3, 0.4) is 0 Å². The number of carbonyl (C=O) groups is 2. The highest BCUT2D eigenvalue weighted by molar-refractivity contribution is 5.99. The minimum absolute atomic E-state index is 0.0796. The topological polar surface area (TPSA) is 85.5 Å². The fourth-order valence-electron chi connectivity index (χ4n) is 3.53. The maximum atomic E-state index is 12.7. The molecule has 7 heteroatoms. The summed E-state index contributed by atoms with van der Waals surface area (Å²) in [6.45, 7) is 3.95. The summed E-state index contributed by atoms with van der Waals surface area (Å²) in [6, 6.07) is 22.5. The molecule has 4 rings (SSSR count). The zero-order valence-electron chi connectivity index (χ0n) is 17.8. The lowest BCUT2D eigenvalue weighted by Gasteiger charge is -2.10. The van der Waals surface area contributed by atoms with E-state index in [1.807, 2.05) is 79.1 Å². The molecule has 2 aromatic carbocycles. The molecule has 2 N–H and O–H groups in total. The van der Waals surface area contributed by atoms with E-state index >= 15 is 0 Å². The number of rotatable bonds is 6. The van der Waals surface area contributed by atoms with Crippen molar-refractivity contribution in [1.29, 1.82) is 0 Å². The Bertz CT molecular complexity index is 1230. The van der Waals surface area contributed by atoms with E-state index in [9.17, 15) is 9.59 Å². The molecule has 0 saturated heterocycles. The first-order chi connectivity index (χ1) is 15.5. The number of aromatic nitrogens is 1. The van der Waals surface area contributed by atoms with Gasteiger partial charge in [0, 0.05) is 22.6 Å². The van der Waals surface area contributed by atoms with Crippen LogP contribution >= 0.6 is 0 Å². The van der Waals surface area contributed by atoms with Gasteiger partial charge in [-0.25, -0.2) is 0 Å². The minimum atomic E-state index is -0.563. The van der Waals surface area contributed by atoms with Gasteiger partial charge < -0.3 is 13.7 Å². The molecule has 0 saturated carbocycles. The van der Waals surface area contributed by atoms with Crippen molar-refractivity contribution in [2.75, 3.05) is 0 Å². The van der Waals surface area contributed by atoms with Crippen LogP contribution in [0.1, 0.15) is 37.9 Å². The molecule has 7 nitrogen and oxygen atoms in total. The summed E-state index contributed by atoms with van der Waals surface area (Å²) in [7, 11) is 0. The van der Waals surface area contributed by atoms with Gasteiger partial charge >= 0.3 is 5.91 Å². The Balaban J connectivity index is 1.41. The quantitative estimate of drug-likeness (QED) is 0.447. The largest absolute Gasteiger partial charge is 0.489 e. The van der Waals surface area contributed by atoms with Crippen LogP contribution in [-0.4, -0.2) is 16.4 Å². The van der Waals surface area contributed by atoms with Gasteiger partial charge in [0.15, 0.2) is 5.76 Å². The molecular weight excluding hydrogens is 406 g/mol. The third-order valence-corrected chi connectivity index (χ3v) is 5.07. The highest BCUT2D eigenvalue weighted by Crippen LogP contribution is 2.20. The van der Waals surface area contributed by atoms with Crippen LogP contribution in [0.2, 0.25) is 0 Å². The first-order valence-electron chi connectivity index (χ1n) is 10.1. The molecule has 2 aromatic heterocycles. The van der Waals surface area contributed by atoms with Gasteiger partial charge in [0.1, 0.15) is 12.4 Å². The summed E-state index contributed by atoms with van der Waals surface area (Å²) in [5.74, 6) is -0.215. The molecule has 0 fully saturated rings. The fraction of sp³-hybridized carbons (Fsp3) is 0.120. The monoisotopic (exact) mass is 429 g/mol. The van der Waals surface area contributed by atoms with Crippen LogP contribution < -0.4 is 15.6 Å². The lowest BCUT2D eigenvalue weighted by atomic mass is 10.2. The second-order valence-corrected chi connectivity index (χ2v) is 7.24. The number of nitrogens with one attached hydrogen (secondary N) is 2. The molecule has 0 radical (unpaired) electrons. The van der Waals surface area contributed by atoms with Crippen molar-refractivity contribution in [3.8, 4) is 11.4 Å². The van der Waals surface area contributed by atoms with Gasteiger partial charge in [-0.05, 0) is 50.2 Å². The fourth-order valence-corrected chi connectivity index (χ4v) is 3.53. The lowest BCUT2D eigenvalue weighted by molar-refractivity contribution is 0.0828. The smallest absolute Gasteiger partial charge is 0.305 e. The van der Waals surface area contributed by atoms with E-state index in [0.29, 0.717) is 16.9 Å². The van der Waals surface area contributed by atoms with Gasteiger partial charge in [-0.2, -0.15) is 0 Å². The van der Waals surface area contributed by atoms with Crippen molar-refractivity contribution in [1.82, 2.24) is 15.4 Å². The molecule has 162 valence electrons. The minimum Gasteiger partial charge on any atom is -0.489 e. The Hall–Kier alpha value is -4.26. The normalized spacial score (nSPS) is 10.6. The number of benzene rings is 2. The van der Waals surface area contributed by atoms with E-state index in [-0.39, 0.29) is 12.4 Å². The van der Waals surface area contributed by atoms with Crippen LogP contribution in [0.25, 0.3) is 5.69 Å². The highest BCUT2D eigenvalue weighted by Gasteiger charge is 2.20. The van der Waals surface area contributed by atoms with Gasteiger partial charge in [0.05, 0.1) is 11.8 Å². The third-order valence-electron chi connectivity index (χ3n) is 5.07. The summed E-state index contributed by atoms with van der Waals surface area (Å²) in [5, 5.41) is 0. The van der Waals surface area contributed by atoms with E-state index < -0.39 is 11.8 Å². The maximum Gasteiger partial charge on any atom is 0.305 e. The lowest BCUT2D eigenvalue weighted by Crippen LogP contribution is -2.42. The number of carbonyl (C=O) groups excluding carboxylic acids is 2. The number of hydrazine groups is 1. The van der Waals surface area contributed by atoms with Crippen LogP contribution in [0, 0.1) is 13.8 Å². The van der Waals surface area contributed by atoms with E-state index in [2.05, 4.69) is 10.9 Å². The highest BCUT2D eigenvalue weighted by atomic mass is 16.5. The van der Waals surface area contributed by atoms with Crippen molar-refractivity contribution in [2.45, 2.75) is 20.5 Å². The van der Waals surface area contributed by atoms with Crippen molar-refractivity contribution < 1.29 is 18.7 Å². The zero-order chi connectivity index (χ0) is 22.5. The number of nitrogens with zero attached hydrogens (tertiary/aromatic N) is 1. The predicted octanol–water partition coefficient (Wildman–Crippen LogP) is 4.34. The van der Waals surface area contributed by atoms with Crippen LogP contribution in [0.5, 0.6) is 5.75 Å². The summed E-state index contributed by atoms with van der Waals surface area (Å²) < 4.78 is 13.0. The number of ether oxygens (including phenoxy) is 1. The van der Waals surface area contributed by atoms with Gasteiger partial charge in [-0.3, -0.25) is 20.4 Å². The molecule has 0 spiro atoms. The molecule has 2 amide bonds. The Labute approximate surface area is 185 Å². The van der Waals surface area contributed by atoms with E-state index in [4.69, 9.17) is 9.15 Å². The summed E-state index contributed by atoms with van der Waals surface area (Å²) in [4.78, 5) is 25.3. The molecule has 32 heavy (non-hydrogen) atoms. The molecule has 4 aromatic rings. The Morgan fingerprint density at radius 2 is 1.56 bits per heavy atom. The SMILES string of the molecule is Cc1cc(C(=O)NNC(=O)c2occc2COc2ccccc2)c(C)n1-c1ccccc1. The van der Waals surface area contributed by atoms with Crippen molar-refractivity contribution in [3.63, 3.8) is 0 Å². The van der Waals surface area contributed by atoms with E-state index in [1.54, 1.807) is 12.1 Å². The average molecular weight is 429 g/mol. The molecule has 0 aliphatic carbocycles. The van der Waals surface area contributed by atoms with Gasteiger partial charge in [-0.1, -0.05) is 36.4 Å². The molecule has 0 atom stereocenters. The number of hydrogen-bond donors (Lipinski definition) is 2. The molecule has 0 aliphatic heterocycles. The van der Waals surface area contributed by atoms with Gasteiger partial charge in [0.25, 0.3) is 5.91 Å².